The number of nitrogens with zero attached hydrogens (tertiary/aromatic N) is 2. The van der Waals surface area contributed by atoms with Crippen LogP contribution in [0.5, 0.6) is 10.9 Å². The van der Waals surface area contributed by atoms with Crippen LogP contribution in [0.4, 0.5) is 0 Å². The van der Waals surface area contributed by atoms with Gasteiger partial charge in [-0.25, -0.2) is 4.98 Å². The molecule has 1 fully saturated rings. The molecule has 1 heterocycles. The van der Waals surface area contributed by atoms with Crippen LogP contribution >= 0.6 is 11.3 Å². The molecule has 4 rings (SSSR count). The zero-order chi connectivity index (χ0) is 19.3. The Bertz CT molecular complexity index is 901. The Morgan fingerprint density at radius 3 is 2.64 bits per heavy atom. The maximum absolute atomic E-state index is 10.9. The van der Waals surface area contributed by atoms with Crippen molar-refractivity contribution in [2.24, 2.45) is 5.92 Å². The van der Waals surface area contributed by atoms with E-state index < -0.39 is 5.97 Å². The maximum atomic E-state index is 10.9. The van der Waals surface area contributed by atoms with Gasteiger partial charge in [0.15, 0.2) is 0 Å². The molecule has 5 nitrogen and oxygen atoms in total. The lowest BCUT2D eigenvalue weighted by Crippen LogP contribution is -2.30. The number of hydrogen-bond donors (Lipinski definition) is 1. The van der Waals surface area contributed by atoms with Gasteiger partial charge in [-0.05, 0) is 55.0 Å². The van der Waals surface area contributed by atoms with Crippen LogP contribution in [0.2, 0.25) is 0 Å². The van der Waals surface area contributed by atoms with Crippen LogP contribution in [0.15, 0.2) is 48.5 Å². The van der Waals surface area contributed by atoms with E-state index in [9.17, 15) is 4.79 Å². The number of thiazole rings is 1. The highest BCUT2D eigenvalue weighted by atomic mass is 32.1. The smallest absolute Gasteiger partial charge is 0.304 e. The number of fused-ring (bicyclic) bond motifs is 1. The molecule has 6 heteroatoms. The Morgan fingerprint density at radius 1 is 1.14 bits per heavy atom. The molecule has 1 saturated carbocycles. The Labute approximate surface area is 168 Å². The van der Waals surface area contributed by atoms with Gasteiger partial charge in [-0.15, -0.1) is 0 Å². The highest BCUT2D eigenvalue weighted by Gasteiger charge is 2.24. The summed E-state index contributed by atoms with van der Waals surface area (Å²) in [5.74, 6) is 0.819. The monoisotopic (exact) mass is 396 g/mol. The first kappa shape index (κ1) is 18.9. The van der Waals surface area contributed by atoms with E-state index in [2.05, 4.69) is 22.0 Å². The average molecular weight is 397 g/mol. The van der Waals surface area contributed by atoms with E-state index in [0.717, 1.165) is 41.4 Å². The Morgan fingerprint density at radius 2 is 1.93 bits per heavy atom. The summed E-state index contributed by atoms with van der Waals surface area (Å²) in [5, 5.41) is 9.60. The summed E-state index contributed by atoms with van der Waals surface area (Å²) in [4.78, 5) is 17.7. The summed E-state index contributed by atoms with van der Waals surface area (Å²) in [7, 11) is 0. The Hall–Kier alpha value is -2.44. The van der Waals surface area contributed by atoms with E-state index in [4.69, 9.17) is 9.84 Å². The van der Waals surface area contributed by atoms with Crippen LogP contribution in [-0.4, -0.2) is 40.6 Å². The van der Waals surface area contributed by atoms with Crippen molar-refractivity contribution in [3.8, 4) is 10.9 Å². The van der Waals surface area contributed by atoms with Gasteiger partial charge in [0, 0.05) is 19.6 Å². The second kappa shape index (κ2) is 8.71. The second-order valence-electron chi connectivity index (χ2n) is 7.33. The molecule has 1 aliphatic carbocycles. The number of aromatic nitrogens is 1. The van der Waals surface area contributed by atoms with Gasteiger partial charge in [0.05, 0.1) is 16.6 Å². The number of carbonyl (C=O) groups is 1. The van der Waals surface area contributed by atoms with E-state index in [1.165, 1.54) is 18.4 Å². The zero-order valence-electron chi connectivity index (χ0n) is 15.7. The van der Waals surface area contributed by atoms with Crippen molar-refractivity contribution in [2.45, 2.75) is 25.7 Å². The summed E-state index contributed by atoms with van der Waals surface area (Å²) in [6, 6.07) is 16.1. The van der Waals surface area contributed by atoms with Crippen molar-refractivity contribution in [1.29, 1.82) is 0 Å². The fraction of sp³-hybridized carbons (Fsp3) is 0.364. The molecule has 1 aliphatic rings. The SMILES string of the molecule is O=C(O)CCN(CCc1ccc(Oc2nc3ccccc3s2)cc1)CC1CC1. The average Bonchev–Trinajstić information content (AvgIpc) is 3.41. The van der Waals surface area contributed by atoms with E-state index in [0.29, 0.717) is 11.7 Å². The highest BCUT2D eigenvalue weighted by molar-refractivity contribution is 7.20. The number of carboxylic acids is 1. The molecule has 2 aromatic carbocycles. The maximum Gasteiger partial charge on any atom is 0.304 e. The molecule has 1 N–H and O–H groups in total. The third-order valence-corrected chi connectivity index (χ3v) is 5.89. The lowest BCUT2D eigenvalue weighted by Gasteiger charge is -2.21. The predicted molar refractivity (Wildman–Crippen MR) is 111 cm³/mol. The number of rotatable bonds is 10. The molecule has 146 valence electrons. The van der Waals surface area contributed by atoms with Crippen molar-refractivity contribution in [3.63, 3.8) is 0 Å². The molecule has 0 spiro atoms. The molecule has 0 amide bonds. The molecular weight excluding hydrogens is 372 g/mol. The molecule has 0 saturated heterocycles. The highest BCUT2D eigenvalue weighted by Crippen LogP contribution is 2.31. The largest absolute Gasteiger partial charge is 0.481 e. The lowest BCUT2D eigenvalue weighted by molar-refractivity contribution is -0.137. The van der Waals surface area contributed by atoms with E-state index in [1.54, 1.807) is 11.3 Å². The van der Waals surface area contributed by atoms with E-state index in [-0.39, 0.29) is 6.42 Å². The summed E-state index contributed by atoms with van der Waals surface area (Å²) in [5.41, 5.74) is 2.18. The molecule has 0 aliphatic heterocycles. The summed E-state index contributed by atoms with van der Waals surface area (Å²) in [6.07, 6.45) is 3.68. The van der Waals surface area contributed by atoms with Gasteiger partial charge in [0.2, 0.25) is 0 Å². The summed E-state index contributed by atoms with van der Waals surface area (Å²) >= 11 is 1.54. The minimum absolute atomic E-state index is 0.210. The predicted octanol–water partition coefficient (Wildman–Crippen LogP) is 4.82. The van der Waals surface area contributed by atoms with Crippen molar-refractivity contribution in [1.82, 2.24) is 9.88 Å². The van der Waals surface area contributed by atoms with Gasteiger partial charge in [0.25, 0.3) is 5.19 Å². The van der Waals surface area contributed by atoms with Crippen molar-refractivity contribution in [2.75, 3.05) is 19.6 Å². The first-order chi connectivity index (χ1) is 13.7. The van der Waals surface area contributed by atoms with Crippen LogP contribution in [-0.2, 0) is 11.2 Å². The van der Waals surface area contributed by atoms with Gasteiger partial charge < -0.3 is 14.7 Å². The van der Waals surface area contributed by atoms with E-state index in [1.807, 2.05) is 36.4 Å². The minimum atomic E-state index is -0.725. The van der Waals surface area contributed by atoms with Crippen LogP contribution in [0, 0.1) is 5.92 Å². The van der Waals surface area contributed by atoms with Crippen LogP contribution in [0.3, 0.4) is 0 Å². The molecule has 3 aromatic rings. The van der Waals surface area contributed by atoms with Crippen molar-refractivity contribution >= 4 is 27.5 Å². The van der Waals surface area contributed by atoms with Crippen LogP contribution < -0.4 is 4.74 Å². The lowest BCUT2D eigenvalue weighted by atomic mass is 10.1. The third kappa shape index (κ3) is 5.30. The molecule has 1 aromatic heterocycles. The van der Waals surface area contributed by atoms with Crippen molar-refractivity contribution in [3.05, 3.63) is 54.1 Å². The number of aliphatic carboxylic acids is 1. The Balaban J connectivity index is 1.32. The quantitative estimate of drug-likeness (QED) is 0.532. The van der Waals surface area contributed by atoms with Gasteiger partial charge >= 0.3 is 5.97 Å². The fourth-order valence-corrected chi connectivity index (χ4v) is 4.06. The topological polar surface area (TPSA) is 62.7 Å². The zero-order valence-corrected chi connectivity index (χ0v) is 16.5. The second-order valence-corrected chi connectivity index (χ2v) is 8.32. The summed E-state index contributed by atoms with van der Waals surface area (Å²) in [6.45, 7) is 2.54. The normalized spacial score (nSPS) is 13.9. The summed E-state index contributed by atoms with van der Waals surface area (Å²) < 4.78 is 7.02. The standard InChI is InChI=1S/C22H24N2O3S/c25-21(26)12-14-24(15-17-5-6-17)13-11-16-7-9-18(10-8-16)27-22-23-19-3-1-2-4-20(19)28-22/h1-4,7-10,17H,5-6,11-15H2,(H,25,26). The minimum Gasteiger partial charge on any atom is -0.481 e. The number of para-hydroxylation sites is 1. The van der Waals surface area contributed by atoms with E-state index >= 15 is 0 Å². The molecule has 0 unspecified atom stereocenters. The number of benzene rings is 2. The van der Waals surface area contributed by atoms with Gasteiger partial charge in [0.1, 0.15) is 5.75 Å². The fourth-order valence-electron chi connectivity index (χ4n) is 3.22. The van der Waals surface area contributed by atoms with Gasteiger partial charge in [-0.1, -0.05) is 35.6 Å². The third-order valence-electron chi connectivity index (χ3n) is 4.97. The number of carboxylic acid groups (broad SMARTS) is 1. The molecule has 28 heavy (non-hydrogen) atoms. The van der Waals surface area contributed by atoms with Gasteiger partial charge in [-0.3, -0.25) is 4.79 Å². The number of ether oxygens (including phenoxy) is 1. The van der Waals surface area contributed by atoms with Crippen molar-refractivity contribution < 1.29 is 14.6 Å². The first-order valence-electron chi connectivity index (χ1n) is 9.72. The number of hydrogen-bond acceptors (Lipinski definition) is 5. The Kier molecular flexibility index (Phi) is 5.88. The van der Waals surface area contributed by atoms with Crippen LogP contribution in [0.25, 0.3) is 10.2 Å². The molecule has 0 bridgehead atoms. The molecule has 0 atom stereocenters. The van der Waals surface area contributed by atoms with Gasteiger partial charge in [-0.2, -0.15) is 0 Å². The first-order valence-corrected chi connectivity index (χ1v) is 10.5. The molecular formula is C22H24N2O3S. The molecule has 0 radical (unpaired) electrons. The van der Waals surface area contributed by atoms with Crippen LogP contribution in [0.1, 0.15) is 24.8 Å².